The summed E-state index contributed by atoms with van der Waals surface area (Å²) in [5.41, 5.74) is 0.956. The van der Waals surface area contributed by atoms with E-state index < -0.39 is 0 Å². The number of aromatic nitrogens is 2. The van der Waals surface area contributed by atoms with E-state index in [1.165, 1.54) is 11.5 Å². The topological polar surface area (TPSA) is 64.1 Å². The van der Waals surface area contributed by atoms with Gasteiger partial charge in [0.25, 0.3) is 0 Å². The summed E-state index contributed by atoms with van der Waals surface area (Å²) < 4.78 is 10.0. The number of benzene rings is 1. The minimum Gasteiger partial charge on any atom is -0.374 e. The van der Waals surface area contributed by atoms with Gasteiger partial charge < -0.3 is 10.1 Å². The Kier molecular flexibility index (Phi) is 3.20. The summed E-state index contributed by atoms with van der Waals surface area (Å²) in [5.74, 6) is 0.630. The minimum atomic E-state index is -0.0344. The summed E-state index contributed by atoms with van der Waals surface area (Å²) in [6, 6.07) is 9.75. The highest BCUT2D eigenvalue weighted by Crippen LogP contribution is 2.39. The molecule has 1 aromatic heterocycles. The Balaban J connectivity index is 1.46. The fraction of sp³-hybridized carbons (Fsp3) is 0.400. The zero-order chi connectivity index (χ0) is 14.2. The zero-order valence-corrected chi connectivity index (χ0v) is 12.2. The van der Waals surface area contributed by atoms with Crippen LogP contribution in [0.1, 0.15) is 19.3 Å². The molecular formula is C15H15N3O2S. The van der Waals surface area contributed by atoms with Gasteiger partial charge in [-0.25, -0.2) is 0 Å². The maximum Gasteiger partial charge on any atom is 0.232 e. The number of hydrogen-bond donors (Lipinski definition) is 1. The lowest BCUT2D eigenvalue weighted by Crippen LogP contribution is -2.30. The SMILES string of the molecule is O=C(Nc1nc(-c2ccccc2)ns1)[C@H]1C[C@H]2CC[C@H]1O2. The third kappa shape index (κ3) is 2.45. The fourth-order valence-electron chi connectivity index (χ4n) is 3.09. The molecule has 0 spiro atoms. The number of carbonyl (C=O) groups is 1. The first-order chi connectivity index (χ1) is 10.3. The van der Waals surface area contributed by atoms with E-state index in [2.05, 4.69) is 14.7 Å². The Hall–Kier alpha value is -1.79. The van der Waals surface area contributed by atoms with Gasteiger partial charge in [0.2, 0.25) is 11.0 Å². The molecule has 5 nitrogen and oxygen atoms in total. The molecular weight excluding hydrogens is 286 g/mol. The van der Waals surface area contributed by atoms with Crippen molar-refractivity contribution in [2.24, 2.45) is 5.92 Å². The largest absolute Gasteiger partial charge is 0.374 e. The van der Waals surface area contributed by atoms with E-state index in [0.29, 0.717) is 11.0 Å². The number of anilines is 1. The normalized spacial score (nSPS) is 27.0. The van der Waals surface area contributed by atoms with Gasteiger partial charge in [0, 0.05) is 17.1 Å². The monoisotopic (exact) mass is 301 g/mol. The van der Waals surface area contributed by atoms with Crippen LogP contribution in [0, 0.1) is 5.92 Å². The van der Waals surface area contributed by atoms with Crippen molar-refractivity contribution in [3.8, 4) is 11.4 Å². The van der Waals surface area contributed by atoms with Crippen LogP contribution >= 0.6 is 11.5 Å². The van der Waals surface area contributed by atoms with Crippen LogP contribution < -0.4 is 5.32 Å². The molecule has 3 atom stereocenters. The van der Waals surface area contributed by atoms with E-state index in [4.69, 9.17) is 4.74 Å². The van der Waals surface area contributed by atoms with Crippen LogP contribution in [0.3, 0.4) is 0 Å². The summed E-state index contributed by atoms with van der Waals surface area (Å²) in [5, 5.41) is 3.44. The fourth-order valence-corrected chi connectivity index (χ4v) is 3.68. The third-order valence-electron chi connectivity index (χ3n) is 4.13. The number of amides is 1. The maximum atomic E-state index is 12.3. The molecule has 1 aromatic carbocycles. The van der Waals surface area contributed by atoms with Gasteiger partial charge in [0.1, 0.15) is 0 Å². The van der Waals surface area contributed by atoms with Crippen molar-refractivity contribution in [1.82, 2.24) is 9.36 Å². The molecule has 0 unspecified atom stereocenters. The second-order valence-electron chi connectivity index (χ2n) is 5.49. The van der Waals surface area contributed by atoms with E-state index in [9.17, 15) is 4.79 Å². The first kappa shape index (κ1) is 12.9. The van der Waals surface area contributed by atoms with Crippen LogP contribution in [0.4, 0.5) is 5.13 Å². The third-order valence-corrected chi connectivity index (χ3v) is 4.76. The summed E-state index contributed by atoms with van der Waals surface area (Å²) in [7, 11) is 0. The van der Waals surface area contributed by atoms with Gasteiger partial charge >= 0.3 is 0 Å². The first-order valence-corrected chi connectivity index (χ1v) is 7.92. The molecule has 2 aliphatic rings. The van der Waals surface area contributed by atoms with E-state index in [1.54, 1.807) is 0 Å². The molecule has 2 aliphatic heterocycles. The number of nitrogens with zero attached hydrogens (tertiary/aromatic N) is 2. The molecule has 21 heavy (non-hydrogen) atoms. The number of fused-ring (bicyclic) bond motifs is 2. The molecule has 0 saturated carbocycles. The number of ether oxygens (including phenoxy) is 1. The Morgan fingerprint density at radius 2 is 2.14 bits per heavy atom. The Bertz CT molecular complexity index is 658. The highest BCUT2D eigenvalue weighted by Gasteiger charge is 2.44. The van der Waals surface area contributed by atoms with Crippen LogP contribution in [0.2, 0.25) is 0 Å². The second-order valence-corrected chi connectivity index (χ2v) is 6.25. The van der Waals surface area contributed by atoms with E-state index >= 15 is 0 Å². The van der Waals surface area contributed by atoms with Crippen molar-refractivity contribution in [1.29, 1.82) is 0 Å². The lowest BCUT2D eigenvalue weighted by atomic mass is 9.89. The Labute approximate surface area is 126 Å². The van der Waals surface area contributed by atoms with Crippen LogP contribution in [-0.4, -0.2) is 27.5 Å². The van der Waals surface area contributed by atoms with Gasteiger partial charge in [-0.05, 0) is 19.3 Å². The van der Waals surface area contributed by atoms with Gasteiger partial charge in [-0.15, -0.1) is 0 Å². The van der Waals surface area contributed by atoms with Crippen molar-refractivity contribution in [2.45, 2.75) is 31.5 Å². The molecule has 108 valence electrons. The molecule has 1 amide bonds. The number of carbonyl (C=O) groups excluding carboxylic acids is 1. The van der Waals surface area contributed by atoms with Gasteiger partial charge in [-0.2, -0.15) is 9.36 Å². The van der Waals surface area contributed by atoms with E-state index in [0.717, 1.165) is 24.8 Å². The lowest BCUT2D eigenvalue weighted by Gasteiger charge is -2.16. The average Bonchev–Trinajstić information content (AvgIpc) is 3.24. The molecule has 2 fully saturated rings. The Morgan fingerprint density at radius 1 is 1.29 bits per heavy atom. The van der Waals surface area contributed by atoms with Gasteiger partial charge in [0.05, 0.1) is 18.1 Å². The molecule has 4 rings (SSSR count). The van der Waals surface area contributed by atoms with Gasteiger partial charge in [-0.1, -0.05) is 30.3 Å². The van der Waals surface area contributed by atoms with E-state index in [1.807, 2.05) is 30.3 Å². The van der Waals surface area contributed by atoms with Crippen molar-refractivity contribution < 1.29 is 9.53 Å². The molecule has 2 saturated heterocycles. The van der Waals surface area contributed by atoms with Crippen molar-refractivity contribution >= 4 is 22.6 Å². The van der Waals surface area contributed by atoms with Crippen molar-refractivity contribution in [2.75, 3.05) is 5.32 Å². The first-order valence-electron chi connectivity index (χ1n) is 7.15. The number of nitrogens with one attached hydrogen (secondary N) is 1. The van der Waals surface area contributed by atoms with E-state index in [-0.39, 0.29) is 24.0 Å². The average molecular weight is 301 g/mol. The zero-order valence-electron chi connectivity index (χ0n) is 11.4. The molecule has 3 heterocycles. The summed E-state index contributed by atoms with van der Waals surface area (Å²) >= 11 is 1.22. The van der Waals surface area contributed by atoms with Gasteiger partial charge in [-0.3, -0.25) is 4.79 Å². The molecule has 2 aromatic rings. The standard InChI is InChI=1S/C15H15N3O2S/c19-14(11-8-10-6-7-12(11)20-10)17-15-16-13(18-21-15)9-4-2-1-3-5-9/h1-5,10-12H,6-8H2,(H,16,17,18,19)/t10-,11+,12-/m1/s1. The molecule has 0 aliphatic carbocycles. The van der Waals surface area contributed by atoms with Crippen molar-refractivity contribution in [3.05, 3.63) is 30.3 Å². The van der Waals surface area contributed by atoms with Crippen LogP contribution in [0.15, 0.2) is 30.3 Å². The van der Waals surface area contributed by atoms with Crippen LogP contribution in [0.5, 0.6) is 0 Å². The second kappa shape index (κ2) is 5.20. The summed E-state index contributed by atoms with van der Waals surface area (Å²) in [4.78, 5) is 16.7. The molecule has 2 bridgehead atoms. The smallest absolute Gasteiger partial charge is 0.232 e. The number of rotatable bonds is 3. The van der Waals surface area contributed by atoms with Crippen LogP contribution in [-0.2, 0) is 9.53 Å². The highest BCUT2D eigenvalue weighted by atomic mass is 32.1. The molecule has 6 heteroatoms. The van der Waals surface area contributed by atoms with Gasteiger partial charge in [0.15, 0.2) is 5.82 Å². The summed E-state index contributed by atoms with van der Waals surface area (Å²) in [6.07, 6.45) is 3.29. The predicted molar refractivity (Wildman–Crippen MR) is 80.0 cm³/mol. The maximum absolute atomic E-state index is 12.3. The van der Waals surface area contributed by atoms with Crippen LogP contribution in [0.25, 0.3) is 11.4 Å². The predicted octanol–water partition coefficient (Wildman–Crippen LogP) is 2.71. The molecule has 1 N–H and O–H groups in total. The quantitative estimate of drug-likeness (QED) is 0.946. The Morgan fingerprint density at radius 3 is 2.86 bits per heavy atom. The minimum absolute atomic E-state index is 0.0120. The lowest BCUT2D eigenvalue weighted by molar-refractivity contribution is -0.121. The van der Waals surface area contributed by atoms with Crippen molar-refractivity contribution in [3.63, 3.8) is 0 Å². The molecule has 0 radical (unpaired) electrons. The summed E-state index contributed by atoms with van der Waals surface area (Å²) in [6.45, 7) is 0. The number of hydrogen-bond acceptors (Lipinski definition) is 5. The highest BCUT2D eigenvalue weighted by molar-refractivity contribution is 7.10.